The smallest absolute Gasteiger partial charge is 0.379 e. The van der Waals surface area contributed by atoms with Crippen molar-refractivity contribution in [2.75, 3.05) is 7.11 Å². The second-order valence-electron chi connectivity index (χ2n) is 6.21. The van der Waals surface area contributed by atoms with E-state index in [1.165, 1.54) is 25.7 Å². The first-order valence-corrected chi connectivity index (χ1v) is 9.63. The number of aryl methyl sites for hydroxylation is 1. The third-order valence-electron chi connectivity index (χ3n) is 4.10. The Morgan fingerprint density at radius 2 is 2.10 bits per heavy atom. The van der Waals surface area contributed by atoms with Gasteiger partial charge in [0.2, 0.25) is 5.76 Å². The van der Waals surface area contributed by atoms with E-state index in [0.29, 0.717) is 11.3 Å². The number of hydrogen-bond donors (Lipinski definition) is 1. The lowest BCUT2D eigenvalue weighted by Crippen LogP contribution is -2.24. The number of hydrogen-bond acceptors (Lipinski definition) is 7. The molecular weight excluding hydrogens is 456 g/mol. The molecule has 156 valence electrons. The summed E-state index contributed by atoms with van der Waals surface area (Å²) in [7, 11) is 1.45. The number of aromatic nitrogens is 2. The fraction of sp³-hybridized carbons (Fsp3) is 0.200. The Kier molecular flexibility index (Phi) is 6.68. The molecule has 1 N–H and O–H groups in total. The molecule has 0 bridgehead atoms. The number of esters is 1. The highest BCUT2D eigenvalue weighted by Gasteiger charge is 2.15. The van der Waals surface area contributed by atoms with Crippen LogP contribution in [-0.2, 0) is 11.3 Å². The van der Waals surface area contributed by atoms with Crippen molar-refractivity contribution in [2.45, 2.75) is 20.4 Å². The third-order valence-corrected chi connectivity index (χ3v) is 5.25. The monoisotopic (exact) mass is 474 g/mol. The van der Waals surface area contributed by atoms with Crippen molar-refractivity contribution >= 4 is 34.0 Å². The highest BCUT2D eigenvalue weighted by molar-refractivity contribution is 9.10. The molecule has 1 aromatic carbocycles. The average Bonchev–Trinajstić information content (AvgIpc) is 3.35. The molecule has 0 unspecified atom stereocenters. The molecule has 0 fully saturated rings. The van der Waals surface area contributed by atoms with Gasteiger partial charge < -0.3 is 13.9 Å². The fourth-order valence-electron chi connectivity index (χ4n) is 2.57. The normalized spacial score (nSPS) is 10.9. The van der Waals surface area contributed by atoms with E-state index in [1.807, 2.05) is 13.8 Å². The summed E-state index contributed by atoms with van der Waals surface area (Å²) in [6, 6.07) is 7.95. The first-order chi connectivity index (χ1) is 14.4. The van der Waals surface area contributed by atoms with Crippen molar-refractivity contribution in [2.24, 2.45) is 5.10 Å². The molecule has 10 heteroatoms. The van der Waals surface area contributed by atoms with Crippen LogP contribution < -0.4 is 14.9 Å². The number of furan rings is 1. The molecule has 0 aliphatic carbocycles. The van der Waals surface area contributed by atoms with Gasteiger partial charge >= 0.3 is 5.97 Å². The summed E-state index contributed by atoms with van der Waals surface area (Å²) in [6.45, 7) is 3.76. The fourth-order valence-corrected chi connectivity index (χ4v) is 2.86. The molecule has 0 saturated carbocycles. The Hall–Kier alpha value is -3.40. The number of carbonyl (C=O) groups is 2. The lowest BCUT2D eigenvalue weighted by atomic mass is 10.2. The molecular formula is C20H19BrN4O5. The molecule has 30 heavy (non-hydrogen) atoms. The predicted molar refractivity (Wildman–Crippen MR) is 112 cm³/mol. The van der Waals surface area contributed by atoms with Crippen LogP contribution in [0.2, 0.25) is 0 Å². The minimum atomic E-state index is -0.636. The molecule has 0 aliphatic heterocycles. The largest absolute Gasteiger partial charge is 0.493 e. The van der Waals surface area contributed by atoms with Crippen LogP contribution in [0.5, 0.6) is 11.5 Å². The van der Waals surface area contributed by atoms with Crippen LogP contribution in [0.1, 0.15) is 27.5 Å². The molecule has 0 saturated heterocycles. The van der Waals surface area contributed by atoms with Crippen LogP contribution in [0.4, 0.5) is 0 Å². The quantitative estimate of drug-likeness (QED) is 0.243. The Morgan fingerprint density at radius 1 is 1.30 bits per heavy atom. The zero-order valence-electron chi connectivity index (χ0n) is 16.5. The minimum absolute atomic E-state index is 0.0423. The maximum absolute atomic E-state index is 12.1. The summed E-state index contributed by atoms with van der Waals surface area (Å²) in [4.78, 5) is 24.1. The van der Waals surface area contributed by atoms with Gasteiger partial charge in [0.05, 0.1) is 35.4 Å². The van der Waals surface area contributed by atoms with E-state index in [-0.39, 0.29) is 24.0 Å². The summed E-state index contributed by atoms with van der Waals surface area (Å²) in [5, 5.41) is 8.23. The first-order valence-electron chi connectivity index (χ1n) is 8.84. The number of rotatable bonds is 7. The molecule has 2 heterocycles. The Labute approximate surface area is 180 Å². The molecule has 9 nitrogen and oxygen atoms in total. The number of methoxy groups -OCH3 is 1. The number of hydrazone groups is 1. The van der Waals surface area contributed by atoms with Gasteiger partial charge in [-0.05, 0) is 65.7 Å². The van der Waals surface area contributed by atoms with E-state index in [4.69, 9.17) is 13.9 Å². The van der Waals surface area contributed by atoms with Gasteiger partial charge in [0.1, 0.15) is 6.54 Å². The van der Waals surface area contributed by atoms with E-state index in [1.54, 1.807) is 28.9 Å². The zero-order valence-corrected chi connectivity index (χ0v) is 18.1. The van der Waals surface area contributed by atoms with Gasteiger partial charge in [-0.25, -0.2) is 10.2 Å². The van der Waals surface area contributed by atoms with Crippen molar-refractivity contribution in [3.63, 3.8) is 0 Å². The summed E-state index contributed by atoms with van der Waals surface area (Å²) in [5.74, 6) is -0.309. The van der Waals surface area contributed by atoms with Crippen molar-refractivity contribution in [1.29, 1.82) is 0 Å². The molecule has 3 rings (SSSR count). The second kappa shape index (κ2) is 9.40. The Bertz CT molecular complexity index is 1090. The van der Waals surface area contributed by atoms with E-state index < -0.39 is 5.97 Å². The maximum atomic E-state index is 12.1. The van der Waals surface area contributed by atoms with Crippen LogP contribution in [0.25, 0.3) is 0 Å². The highest BCUT2D eigenvalue weighted by atomic mass is 79.9. The van der Waals surface area contributed by atoms with E-state index >= 15 is 0 Å². The lowest BCUT2D eigenvalue weighted by molar-refractivity contribution is -0.121. The molecule has 0 radical (unpaired) electrons. The molecule has 0 spiro atoms. The Morgan fingerprint density at radius 3 is 2.73 bits per heavy atom. The van der Waals surface area contributed by atoms with Gasteiger partial charge in [0, 0.05) is 0 Å². The second-order valence-corrected chi connectivity index (χ2v) is 7.01. The summed E-state index contributed by atoms with van der Waals surface area (Å²) < 4.78 is 18.0. The van der Waals surface area contributed by atoms with Gasteiger partial charge in [-0.15, -0.1) is 0 Å². The first kappa shape index (κ1) is 21.3. The summed E-state index contributed by atoms with van der Waals surface area (Å²) >= 11 is 3.43. The molecule has 0 atom stereocenters. The van der Waals surface area contributed by atoms with E-state index in [0.717, 1.165) is 15.9 Å². The van der Waals surface area contributed by atoms with Crippen molar-refractivity contribution < 1.29 is 23.5 Å². The van der Waals surface area contributed by atoms with Crippen LogP contribution in [0.15, 0.2) is 50.6 Å². The number of halogens is 1. The van der Waals surface area contributed by atoms with Crippen LogP contribution in [0.3, 0.4) is 0 Å². The topological polar surface area (TPSA) is 108 Å². The molecule has 0 aliphatic rings. The van der Waals surface area contributed by atoms with Gasteiger partial charge in [0.25, 0.3) is 5.91 Å². The van der Waals surface area contributed by atoms with Crippen molar-refractivity contribution in [3.8, 4) is 11.5 Å². The minimum Gasteiger partial charge on any atom is -0.493 e. The number of amides is 1. The predicted octanol–water partition coefficient (Wildman–Crippen LogP) is 3.23. The van der Waals surface area contributed by atoms with Gasteiger partial charge in [0.15, 0.2) is 11.5 Å². The van der Waals surface area contributed by atoms with E-state index in [2.05, 4.69) is 31.6 Å². The third kappa shape index (κ3) is 4.95. The number of ether oxygens (including phenoxy) is 2. The van der Waals surface area contributed by atoms with Crippen LogP contribution >= 0.6 is 15.9 Å². The van der Waals surface area contributed by atoms with E-state index in [9.17, 15) is 9.59 Å². The SMILES string of the molecule is COc1cc(/C=N/NC(=O)Cn2nc(C)c(Br)c2C)ccc1OC(=O)c1ccco1. The molecule has 3 aromatic rings. The zero-order chi connectivity index (χ0) is 21.7. The maximum Gasteiger partial charge on any atom is 0.379 e. The number of nitrogens with one attached hydrogen (secondary N) is 1. The summed E-state index contributed by atoms with van der Waals surface area (Å²) in [6.07, 6.45) is 2.84. The van der Waals surface area contributed by atoms with Gasteiger partial charge in [-0.2, -0.15) is 10.2 Å². The number of nitrogens with zero attached hydrogens (tertiary/aromatic N) is 3. The molecule has 2 aromatic heterocycles. The average molecular weight is 475 g/mol. The van der Waals surface area contributed by atoms with Crippen LogP contribution in [-0.4, -0.2) is 35.0 Å². The van der Waals surface area contributed by atoms with Crippen LogP contribution in [0, 0.1) is 13.8 Å². The van der Waals surface area contributed by atoms with Crippen molar-refractivity contribution in [3.05, 3.63) is 63.8 Å². The summed E-state index contributed by atoms with van der Waals surface area (Å²) in [5.41, 5.74) is 4.76. The number of carbonyl (C=O) groups excluding carboxylic acids is 2. The van der Waals surface area contributed by atoms with Crippen molar-refractivity contribution in [1.82, 2.24) is 15.2 Å². The van der Waals surface area contributed by atoms with Gasteiger partial charge in [-0.3, -0.25) is 9.48 Å². The van der Waals surface area contributed by atoms with Gasteiger partial charge in [-0.1, -0.05) is 0 Å². The highest BCUT2D eigenvalue weighted by Crippen LogP contribution is 2.28. The number of benzene rings is 1. The lowest BCUT2D eigenvalue weighted by Gasteiger charge is -2.09. The Balaban J connectivity index is 1.62. The molecule has 1 amide bonds. The standard InChI is InChI=1S/C20H19BrN4O5/c1-12-19(21)13(2)25(24-12)11-18(26)23-22-10-14-6-7-15(17(9-14)28-3)30-20(27)16-5-4-8-29-16/h4-10H,11H2,1-3H3,(H,23,26)/b22-10+.